The lowest BCUT2D eigenvalue weighted by Crippen LogP contribution is -3.13. The van der Waals surface area contributed by atoms with Crippen molar-refractivity contribution in [1.29, 1.82) is 0 Å². The van der Waals surface area contributed by atoms with Crippen LogP contribution in [0.2, 0.25) is 0 Å². The van der Waals surface area contributed by atoms with Crippen LogP contribution >= 0.6 is 0 Å². The molecule has 4 rings (SSSR count). The number of fused-ring (bicyclic) bond motifs is 2. The highest BCUT2D eigenvalue weighted by Gasteiger charge is 2.54. The highest BCUT2D eigenvalue weighted by atomic mass is 16.5. The van der Waals surface area contributed by atoms with Gasteiger partial charge in [-0.2, -0.15) is 0 Å². The first kappa shape index (κ1) is 20.6. The fraction of sp³-hybridized carbons (Fsp3) is 0.640. The highest BCUT2D eigenvalue weighted by Crippen LogP contribution is 2.56. The molecule has 0 aromatic heterocycles. The molecule has 2 bridgehead atoms. The standard InChI is InChI=1S/C25H35NO3/c1-18-14-19(2)25(16-28-22(27)15-26-12-8-5-9-13-26)17-29-24(23(18)20(25)3)21-10-6-4-7-11-21/h4,6-7,10-11,14,19-20,23-24H,5,8-9,12-13,15-17H2,1-3H3/p+1/t19-,20+,23-,24+,25+/m1/s1. The van der Waals surface area contributed by atoms with Crippen molar-refractivity contribution in [3.63, 3.8) is 0 Å². The number of likely N-dealkylation sites (tertiary alicyclic amines) is 1. The second-order valence-corrected chi connectivity index (χ2v) is 9.54. The van der Waals surface area contributed by atoms with Crippen LogP contribution in [0.1, 0.15) is 51.7 Å². The van der Waals surface area contributed by atoms with E-state index in [0.29, 0.717) is 37.5 Å². The molecular weight excluding hydrogens is 362 g/mol. The third kappa shape index (κ3) is 4.02. The number of carbonyl (C=O) groups is 1. The SMILES string of the molecule is CC1=C[C@@H](C)[C@]2(COC(=O)C[NH+]3CCCCC3)CO[C@@H](c3ccccc3)[C@H]1[C@@H]2C. The van der Waals surface area contributed by atoms with Gasteiger partial charge in [0.25, 0.3) is 0 Å². The van der Waals surface area contributed by atoms with Gasteiger partial charge < -0.3 is 14.4 Å². The Morgan fingerprint density at radius 3 is 2.62 bits per heavy atom. The summed E-state index contributed by atoms with van der Waals surface area (Å²) in [6.45, 7) is 10.6. The molecule has 0 spiro atoms. The highest BCUT2D eigenvalue weighted by molar-refractivity contribution is 5.70. The summed E-state index contributed by atoms with van der Waals surface area (Å²) in [5.41, 5.74) is 2.51. The second kappa shape index (κ2) is 8.61. The smallest absolute Gasteiger partial charge is 0.361 e. The fourth-order valence-electron chi connectivity index (χ4n) is 5.90. The van der Waals surface area contributed by atoms with Crippen LogP contribution in [0.5, 0.6) is 0 Å². The number of nitrogens with one attached hydrogen (secondary N) is 1. The van der Waals surface area contributed by atoms with E-state index < -0.39 is 0 Å². The Morgan fingerprint density at radius 1 is 1.17 bits per heavy atom. The first-order valence-electron chi connectivity index (χ1n) is 11.4. The van der Waals surface area contributed by atoms with E-state index in [1.807, 2.05) is 0 Å². The molecule has 158 valence electrons. The number of allylic oxidation sites excluding steroid dienone is 1. The molecule has 1 aromatic rings. The van der Waals surface area contributed by atoms with Crippen LogP contribution in [0, 0.1) is 23.2 Å². The summed E-state index contributed by atoms with van der Waals surface area (Å²) in [6, 6.07) is 10.5. The minimum Gasteiger partial charge on any atom is -0.461 e. The summed E-state index contributed by atoms with van der Waals surface area (Å²) in [5, 5.41) is 0. The monoisotopic (exact) mass is 398 g/mol. The summed E-state index contributed by atoms with van der Waals surface area (Å²) in [5.74, 6) is 1.01. The molecule has 29 heavy (non-hydrogen) atoms. The summed E-state index contributed by atoms with van der Waals surface area (Å²) < 4.78 is 12.4. The molecule has 0 amide bonds. The number of quaternary nitrogens is 1. The molecule has 2 fully saturated rings. The van der Waals surface area contributed by atoms with E-state index in [2.05, 4.69) is 57.2 Å². The number of carbonyl (C=O) groups excluding carboxylic acids is 1. The van der Waals surface area contributed by atoms with E-state index in [0.717, 1.165) is 13.1 Å². The maximum Gasteiger partial charge on any atom is 0.361 e. The second-order valence-electron chi connectivity index (χ2n) is 9.54. The zero-order valence-corrected chi connectivity index (χ0v) is 18.2. The molecular formula is C25H36NO3+. The molecule has 0 saturated carbocycles. The first-order valence-corrected chi connectivity index (χ1v) is 11.4. The first-order chi connectivity index (χ1) is 14.0. The van der Waals surface area contributed by atoms with Gasteiger partial charge in [0.2, 0.25) is 0 Å². The molecule has 5 atom stereocenters. The lowest BCUT2D eigenvalue weighted by Gasteiger charge is -2.55. The molecule has 1 aliphatic carbocycles. The van der Waals surface area contributed by atoms with Gasteiger partial charge in [-0.05, 0) is 43.6 Å². The lowest BCUT2D eigenvalue weighted by molar-refractivity contribution is -0.897. The summed E-state index contributed by atoms with van der Waals surface area (Å²) in [6.07, 6.45) is 6.22. The maximum absolute atomic E-state index is 12.6. The Morgan fingerprint density at radius 2 is 1.90 bits per heavy atom. The maximum atomic E-state index is 12.6. The van der Waals surface area contributed by atoms with E-state index in [1.54, 1.807) is 0 Å². The van der Waals surface area contributed by atoms with E-state index in [-0.39, 0.29) is 17.5 Å². The van der Waals surface area contributed by atoms with Crippen molar-refractivity contribution >= 4 is 5.97 Å². The molecule has 1 aromatic carbocycles. The van der Waals surface area contributed by atoms with E-state index in [4.69, 9.17) is 9.47 Å². The van der Waals surface area contributed by atoms with Crippen LogP contribution in [-0.4, -0.2) is 38.8 Å². The van der Waals surface area contributed by atoms with Gasteiger partial charge >= 0.3 is 5.97 Å². The van der Waals surface area contributed by atoms with Crippen LogP contribution in [0.4, 0.5) is 0 Å². The Balaban J connectivity index is 1.47. The number of hydrogen-bond acceptors (Lipinski definition) is 3. The number of hydrogen-bond donors (Lipinski definition) is 1. The predicted molar refractivity (Wildman–Crippen MR) is 114 cm³/mol. The minimum atomic E-state index is -0.137. The summed E-state index contributed by atoms with van der Waals surface area (Å²) >= 11 is 0. The van der Waals surface area contributed by atoms with Gasteiger partial charge in [-0.1, -0.05) is 55.8 Å². The summed E-state index contributed by atoms with van der Waals surface area (Å²) in [4.78, 5) is 14.0. The van der Waals surface area contributed by atoms with Gasteiger partial charge in [0.15, 0.2) is 6.54 Å². The minimum absolute atomic E-state index is 0.0521. The summed E-state index contributed by atoms with van der Waals surface area (Å²) in [7, 11) is 0. The Kier molecular flexibility index (Phi) is 6.12. The molecule has 0 radical (unpaired) electrons. The molecule has 4 nitrogen and oxygen atoms in total. The zero-order chi connectivity index (χ0) is 20.4. The number of ether oxygens (including phenoxy) is 2. The number of rotatable bonds is 5. The topological polar surface area (TPSA) is 40.0 Å². The van der Waals surface area contributed by atoms with Crippen LogP contribution < -0.4 is 4.90 Å². The molecule has 2 heterocycles. The van der Waals surface area contributed by atoms with E-state index >= 15 is 0 Å². The number of benzene rings is 1. The van der Waals surface area contributed by atoms with Crippen LogP contribution in [0.15, 0.2) is 42.0 Å². The number of esters is 1. The molecule has 0 unspecified atom stereocenters. The molecule has 2 aliphatic heterocycles. The van der Waals surface area contributed by atoms with Gasteiger partial charge in [0.05, 0.1) is 25.8 Å². The van der Waals surface area contributed by atoms with Crippen molar-refractivity contribution in [3.8, 4) is 0 Å². The Hall–Kier alpha value is -1.65. The van der Waals surface area contributed by atoms with Crippen LogP contribution in [0.3, 0.4) is 0 Å². The molecule has 2 saturated heterocycles. The zero-order valence-electron chi connectivity index (χ0n) is 18.2. The van der Waals surface area contributed by atoms with Crippen molar-refractivity contribution in [3.05, 3.63) is 47.5 Å². The lowest BCUT2D eigenvalue weighted by atomic mass is 9.56. The van der Waals surface area contributed by atoms with Crippen molar-refractivity contribution in [2.75, 3.05) is 32.8 Å². The Bertz CT molecular complexity index is 740. The predicted octanol–water partition coefficient (Wildman–Crippen LogP) is 3.20. The van der Waals surface area contributed by atoms with Crippen molar-refractivity contribution in [2.24, 2.45) is 23.2 Å². The van der Waals surface area contributed by atoms with Crippen molar-refractivity contribution in [2.45, 2.75) is 46.1 Å². The molecule has 4 heteroatoms. The Labute approximate surface area is 175 Å². The van der Waals surface area contributed by atoms with Crippen LogP contribution in [-0.2, 0) is 14.3 Å². The van der Waals surface area contributed by atoms with E-state index in [1.165, 1.54) is 35.3 Å². The van der Waals surface area contributed by atoms with Crippen molar-refractivity contribution in [1.82, 2.24) is 0 Å². The number of piperidine rings is 1. The van der Waals surface area contributed by atoms with Crippen molar-refractivity contribution < 1.29 is 19.2 Å². The fourth-order valence-corrected chi connectivity index (χ4v) is 5.90. The van der Waals surface area contributed by atoms with Gasteiger partial charge in [0, 0.05) is 11.3 Å². The molecule has 1 N–H and O–H groups in total. The average Bonchev–Trinajstić information content (AvgIpc) is 2.73. The van der Waals surface area contributed by atoms with Gasteiger partial charge in [-0.25, -0.2) is 4.79 Å². The van der Waals surface area contributed by atoms with E-state index in [9.17, 15) is 4.79 Å². The third-order valence-corrected chi connectivity index (χ3v) is 7.83. The van der Waals surface area contributed by atoms with Gasteiger partial charge in [-0.3, -0.25) is 0 Å². The normalized spacial score (nSPS) is 35.1. The van der Waals surface area contributed by atoms with Gasteiger partial charge in [0.1, 0.15) is 6.61 Å². The largest absolute Gasteiger partial charge is 0.461 e. The quantitative estimate of drug-likeness (QED) is 0.612. The van der Waals surface area contributed by atoms with Gasteiger partial charge in [-0.15, -0.1) is 0 Å². The van der Waals surface area contributed by atoms with Crippen LogP contribution in [0.25, 0.3) is 0 Å². The third-order valence-electron chi connectivity index (χ3n) is 7.83. The molecule has 3 aliphatic rings. The average molecular weight is 399 g/mol.